The summed E-state index contributed by atoms with van der Waals surface area (Å²) in [6.45, 7) is 3.37. The lowest BCUT2D eigenvalue weighted by molar-refractivity contribution is 0.0600. The van der Waals surface area contributed by atoms with Gasteiger partial charge in [0, 0.05) is 13.2 Å². The minimum absolute atomic E-state index is 0.298. The predicted octanol–water partition coefficient (Wildman–Crippen LogP) is 1.97. The smallest absolute Gasteiger partial charge is 0.341 e. The summed E-state index contributed by atoms with van der Waals surface area (Å²) in [7, 11) is 3.04. The second-order valence-electron chi connectivity index (χ2n) is 4.12. The number of nitrogens with one attached hydrogen (secondary N) is 1. The van der Waals surface area contributed by atoms with E-state index in [-0.39, 0.29) is 5.97 Å². The van der Waals surface area contributed by atoms with Crippen LogP contribution in [0.4, 0.5) is 0 Å². The van der Waals surface area contributed by atoms with Gasteiger partial charge in [-0.05, 0) is 12.5 Å². The summed E-state index contributed by atoms with van der Waals surface area (Å²) in [6.07, 6.45) is 3.54. The minimum atomic E-state index is -0.382. The molecule has 1 heterocycles. The fourth-order valence-electron chi connectivity index (χ4n) is 1.74. The third-order valence-corrected chi connectivity index (χ3v) is 2.64. The van der Waals surface area contributed by atoms with Gasteiger partial charge < -0.3 is 19.2 Å². The van der Waals surface area contributed by atoms with E-state index in [4.69, 9.17) is 9.15 Å². The van der Waals surface area contributed by atoms with Crippen LogP contribution in [0.25, 0.3) is 0 Å². The van der Waals surface area contributed by atoms with E-state index in [0.29, 0.717) is 30.5 Å². The van der Waals surface area contributed by atoms with Crippen molar-refractivity contribution in [3.63, 3.8) is 0 Å². The van der Waals surface area contributed by atoms with Gasteiger partial charge in [-0.3, -0.25) is 0 Å². The fraction of sp³-hybridized carbons (Fsp3) is 0.615. The highest BCUT2D eigenvalue weighted by Crippen LogP contribution is 2.09. The lowest BCUT2D eigenvalue weighted by Gasteiger charge is -2.15. The first kappa shape index (κ1) is 14.7. The molecule has 0 bridgehead atoms. The van der Waals surface area contributed by atoms with Crippen LogP contribution < -0.4 is 5.32 Å². The summed E-state index contributed by atoms with van der Waals surface area (Å²) >= 11 is 0. The Morgan fingerprint density at radius 2 is 2.28 bits per heavy atom. The van der Waals surface area contributed by atoms with Gasteiger partial charge in [0.15, 0.2) is 0 Å². The second-order valence-corrected chi connectivity index (χ2v) is 4.12. The van der Waals surface area contributed by atoms with Crippen LogP contribution >= 0.6 is 0 Å². The summed E-state index contributed by atoms with van der Waals surface area (Å²) in [5.74, 6) is 0.333. The highest BCUT2D eigenvalue weighted by Gasteiger charge is 2.12. The standard InChI is InChI=1S/C13H21NO4/c1-4-5-11(9-16-2)14-7-12-6-10(8-18-12)13(15)17-3/h6,8,11,14H,4-5,7,9H2,1-3H3. The molecule has 0 aromatic carbocycles. The summed E-state index contributed by atoms with van der Waals surface area (Å²) in [5.41, 5.74) is 0.438. The first-order valence-electron chi connectivity index (χ1n) is 6.09. The third-order valence-electron chi connectivity index (χ3n) is 2.64. The van der Waals surface area contributed by atoms with Crippen molar-refractivity contribution in [2.24, 2.45) is 0 Å². The summed E-state index contributed by atoms with van der Waals surface area (Å²) in [4.78, 5) is 11.2. The average molecular weight is 255 g/mol. The highest BCUT2D eigenvalue weighted by atomic mass is 16.5. The molecule has 0 aliphatic heterocycles. The van der Waals surface area contributed by atoms with Crippen LogP contribution in [-0.2, 0) is 16.0 Å². The molecule has 0 aliphatic rings. The van der Waals surface area contributed by atoms with Crippen LogP contribution in [0, 0.1) is 0 Å². The Kier molecular flexibility index (Phi) is 6.46. The molecule has 5 nitrogen and oxygen atoms in total. The maximum Gasteiger partial charge on any atom is 0.341 e. The molecule has 18 heavy (non-hydrogen) atoms. The van der Waals surface area contributed by atoms with Crippen LogP contribution in [0.2, 0.25) is 0 Å². The monoisotopic (exact) mass is 255 g/mol. The topological polar surface area (TPSA) is 60.7 Å². The van der Waals surface area contributed by atoms with Crippen molar-refractivity contribution < 1.29 is 18.7 Å². The van der Waals surface area contributed by atoms with Crippen molar-refractivity contribution in [2.45, 2.75) is 32.4 Å². The Bertz CT molecular complexity index is 356. The van der Waals surface area contributed by atoms with Gasteiger partial charge in [0.2, 0.25) is 0 Å². The number of esters is 1. The zero-order valence-electron chi connectivity index (χ0n) is 11.2. The molecule has 0 spiro atoms. The molecule has 0 saturated carbocycles. The van der Waals surface area contributed by atoms with Gasteiger partial charge >= 0.3 is 5.97 Å². The largest absolute Gasteiger partial charge is 0.467 e. The molecule has 0 aliphatic carbocycles. The van der Waals surface area contributed by atoms with Gasteiger partial charge in [0.1, 0.15) is 12.0 Å². The maximum atomic E-state index is 11.2. The number of carbonyl (C=O) groups is 1. The summed E-state index contributed by atoms with van der Waals surface area (Å²) in [5, 5.41) is 3.34. The van der Waals surface area contributed by atoms with E-state index in [1.165, 1.54) is 13.4 Å². The van der Waals surface area contributed by atoms with Gasteiger partial charge in [-0.25, -0.2) is 4.79 Å². The third kappa shape index (κ3) is 4.50. The van der Waals surface area contributed by atoms with Gasteiger partial charge in [-0.15, -0.1) is 0 Å². The molecule has 1 N–H and O–H groups in total. The van der Waals surface area contributed by atoms with Crippen molar-refractivity contribution in [3.8, 4) is 0 Å². The number of rotatable bonds is 8. The predicted molar refractivity (Wildman–Crippen MR) is 67.5 cm³/mol. The quantitative estimate of drug-likeness (QED) is 0.720. The maximum absolute atomic E-state index is 11.2. The minimum Gasteiger partial charge on any atom is -0.467 e. The molecule has 102 valence electrons. The van der Waals surface area contributed by atoms with E-state index in [2.05, 4.69) is 17.0 Å². The van der Waals surface area contributed by atoms with Gasteiger partial charge in [-0.2, -0.15) is 0 Å². The molecule has 0 amide bonds. The van der Waals surface area contributed by atoms with Gasteiger partial charge in [0.05, 0.1) is 25.8 Å². The van der Waals surface area contributed by atoms with Crippen molar-refractivity contribution in [1.29, 1.82) is 0 Å². The number of ether oxygens (including phenoxy) is 2. The number of carbonyl (C=O) groups excluding carboxylic acids is 1. The fourth-order valence-corrected chi connectivity index (χ4v) is 1.74. The van der Waals surface area contributed by atoms with E-state index < -0.39 is 0 Å². The molecule has 1 aromatic heterocycles. The summed E-state index contributed by atoms with van der Waals surface area (Å²) in [6, 6.07) is 1.99. The number of methoxy groups -OCH3 is 2. The normalized spacial score (nSPS) is 12.4. The lowest BCUT2D eigenvalue weighted by atomic mass is 10.2. The van der Waals surface area contributed by atoms with E-state index >= 15 is 0 Å². The molecule has 0 fully saturated rings. The molecule has 1 rings (SSSR count). The number of furan rings is 1. The molecular weight excluding hydrogens is 234 g/mol. The SMILES string of the molecule is CCCC(COC)NCc1cc(C(=O)OC)co1. The Morgan fingerprint density at radius 3 is 2.89 bits per heavy atom. The van der Waals surface area contributed by atoms with Crippen LogP contribution in [-0.4, -0.2) is 32.8 Å². The molecule has 0 saturated heterocycles. The second kappa shape index (κ2) is 7.89. The number of hydrogen-bond acceptors (Lipinski definition) is 5. The first-order valence-corrected chi connectivity index (χ1v) is 6.09. The highest BCUT2D eigenvalue weighted by molar-refractivity contribution is 5.88. The van der Waals surface area contributed by atoms with Gasteiger partial charge in [-0.1, -0.05) is 13.3 Å². The molecule has 0 radical (unpaired) electrons. The molecule has 1 unspecified atom stereocenters. The Labute approximate surface area is 107 Å². The average Bonchev–Trinajstić information content (AvgIpc) is 2.84. The first-order chi connectivity index (χ1) is 8.71. The van der Waals surface area contributed by atoms with E-state index in [0.717, 1.165) is 12.8 Å². The van der Waals surface area contributed by atoms with Crippen LogP contribution in [0.1, 0.15) is 35.9 Å². The lowest BCUT2D eigenvalue weighted by Crippen LogP contribution is -2.32. The Balaban J connectivity index is 2.46. The zero-order chi connectivity index (χ0) is 13.4. The van der Waals surface area contributed by atoms with E-state index in [1.54, 1.807) is 13.2 Å². The summed E-state index contributed by atoms with van der Waals surface area (Å²) < 4.78 is 15.0. The molecule has 1 atom stereocenters. The molecule has 1 aromatic rings. The van der Waals surface area contributed by atoms with Crippen molar-refractivity contribution in [3.05, 3.63) is 23.7 Å². The Morgan fingerprint density at radius 1 is 1.50 bits per heavy atom. The van der Waals surface area contributed by atoms with Crippen molar-refractivity contribution >= 4 is 5.97 Å². The van der Waals surface area contributed by atoms with E-state index in [9.17, 15) is 4.79 Å². The molecule has 5 heteroatoms. The molecular formula is C13H21NO4. The van der Waals surface area contributed by atoms with Crippen LogP contribution in [0.5, 0.6) is 0 Å². The van der Waals surface area contributed by atoms with E-state index in [1.807, 2.05) is 0 Å². The van der Waals surface area contributed by atoms with Crippen LogP contribution in [0.15, 0.2) is 16.7 Å². The van der Waals surface area contributed by atoms with Gasteiger partial charge in [0.25, 0.3) is 0 Å². The zero-order valence-corrected chi connectivity index (χ0v) is 11.2. The van der Waals surface area contributed by atoms with Crippen molar-refractivity contribution in [1.82, 2.24) is 5.32 Å². The number of hydrogen-bond donors (Lipinski definition) is 1. The Hall–Kier alpha value is -1.33. The van der Waals surface area contributed by atoms with Crippen molar-refractivity contribution in [2.75, 3.05) is 20.8 Å². The van der Waals surface area contributed by atoms with Crippen LogP contribution in [0.3, 0.4) is 0 Å².